The van der Waals surface area contributed by atoms with Crippen molar-refractivity contribution in [1.29, 1.82) is 0 Å². The number of hydrogen-bond acceptors (Lipinski definition) is 1. The second-order valence-electron chi connectivity index (χ2n) is 3.74. The van der Waals surface area contributed by atoms with Gasteiger partial charge < -0.3 is 5.11 Å². The Morgan fingerprint density at radius 2 is 2.29 bits per heavy atom. The highest BCUT2D eigenvalue weighted by molar-refractivity contribution is 5.75. The predicted octanol–water partition coefficient (Wildman–Crippen LogP) is 2.32. The fourth-order valence-corrected chi connectivity index (χ4v) is 1.84. The molecule has 0 heterocycles. The number of benzene rings is 1. The molecule has 0 amide bonds. The maximum Gasteiger partial charge on any atom is 0.307 e. The van der Waals surface area contributed by atoms with Gasteiger partial charge in [0.2, 0.25) is 0 Å². The van der Waals surface area contributed by atoms with Gasteiger partial charge in [-0.05, 0) is 36.5 Å². The van der Waals surface area contributed by atoms with Gasteiger partial charge in [-0.1, -0.05) is 12.1 Å². The third kappa shape index (κ3) is 1.39. The van der Waals surface area contributed by atoms with Crippen molar-refractivity contribution in [2.75, 3.05) is 0 Å². The Balaban J connectivity index is 2.27. The summed E-state index contributed by atoms with van der Waals surface area (Å²) in [6.45, 7) is 1.70. The molecular weight excluding hydrogens is 183 g/mol. The summed E-state index contributed by atoms with van der Waals surface area (Å²) in [6.07, 6.45) is 0.639. The average molecular weight is 194 g/mol. The van der Waals surface area contributed by atoms with Crippen LogP contribution in [0.1, 0.15) is 23.5 Å². The van der Waals surface area contributed by atoms with Crippen molar-refractivity contribution in [1.82, 2.24) is 0 Å². The summed E-state index contributed by atoms with van der Waals surface area (Å²) in [5.41, 5.74) is 1.43. The molecule has 3 heteroatoms. The fourth-order valence-electron chi connectivity index (χ4n) is 1.84. The van der Waals surface area contributed by atoms with Crippen LogP contribution in [0.2, 0.25) is 0 Å². The summed E-state index contributed by atoms with van der Waals surface area (Å²) < 4.78 is 13.1. The fraction of sp³-hybridized carbons (Fsp3) is 0.364. The molecule has 2 unspecified atom stereocenters. The lowest BCUT2D eigenvalue weighted by Gasteiger charge is -2.04. The van der Waals surface area contributed by atoms with Gasteiger partial charge >= 0.3 is 5.97 Å². The number of carboxylic acid groups (broad SMARTS) is 1. The molecule has 0 spiro atoms. The Morgan fingerprint density at radius 3 is 2.86 bits per heavy atom. The molecule has 1 aliphatic rings. The summed E-state index contributed by atoms with van der Waals surface area (Å²) in [5, 5.41) is 8.75. The Labute approximate surface area is 81.4 Å². The van der Waals surface area contributed by atoms with Crippen LogP contribution in [0.15, 0.2) is 18.2 Å². The molecule has 1 aromatic rings. The zero-order valence-corrected chi connectivity index (χ0v) is 7.83. The van der Waals surface area contributed by atoms with Crippen molar-refractivity contribution >= 4 is 5.97 Å². The van der Waals surface area contributed by atoms with Crippen molar-refractivity contribution in [3.63, 3.8) is 0 Å². The molecule has 1 aliphatic carbocycles. The van der Waals surface area contributed by atoms with Crippen LogP contribution in [-0.2, 0) is 4.79 Å². The molecule has 0 saturated heterocycles. The van der Waals surface area contributed by atoms with Gasteiger partial charge in [-0.2, -0.15) is 0 Å². The van der Waals surface area contributed by atoms with E-state index in [2.05, 4.69) is 0 Å². The monoisotopic (exact) mass is 194 g/mol. The number of rotatable bonds is 2. The van der Waals surface area contributed by atoms with E-state index < -0.39 is 5.97 Å². The summed E-state index contributed by atoms with van der Waals surface area (Å²) in [4.78, 5) is 10.6. The Morgan fingerprint density at radius 1 is 1.57 bits per heavy atom. The van der Waals surface area contributed by atoms with Crippen LogP contribution < -0.4 is 0 Å². The first kappa shape index (κ1) is 9.19. The minimum Gasteiger partial charge on any atom is -0.481 e. The number of carbonyl (C=O) groups is 1. The summed E-state index contributed by atoms with van der Waals surface area (Å²) in [6, 6.07) is 4.85. The summed E-state index contributed by atoms with van der Waals surface area (Å²) in [5.74, 6) is -1.32. The van der Waals surface area contributed by atoms with Gasteiger partial charge in [-0.25, -0.2) is 4.39 Å². The SMILES string of the molecule is Cc1c(F)cccc1C1CC1C(=O)O. The minimum atomic E-state index is -0.779. The minimum absolute atomic E-state index is 0.0169. The van der Waals surface area contributed by atoms with Crippen LogP contribution >= 0.6 is 0 Å². The number of hydrogen-bond donors (Lipinski definition) is 1. The van der Waals surface area contributed by atoms with Crippen molar-refractivity contribution in [3.05, 3.63) is 35.1 Å². The third-order valence-electron chi connectivity index (χ3n) is 2.82. The normalized spacial score (nSPS) is 24.7. The van der Waals surface area contributed by atoms with E-state index in [0.29, 0.717) is 12.0 Å². The molecule has 14 heavy (non-hydrogen) atoms. The summed E-state index contributed by atoms with van der Waals surface area (Å²) in [7, 11) is 0. The number of aliphatic carboxylic acids is 1. The van der Waals surface area contributed by atoms with Crippen LogP contribution in [0, 0.1) is 18.7 Å². The summed E-state index contributed by atoms with van der Waals surface area (Å²) >= 11 is 0. The lowest BCUT2D eigenvalue weighted by atomic mass is 10.0. The highest BCUT2D eigenvalue weighted by Crippen LogP contribution is 2.48. The van der Waals surface area contributed by atoms with Crippen LogP contribution in [0.5, 0.6) is 0 Å². The van der Waals surface area contributed by atoms with Gasteiger partial charge in [0.25, 0.3) is 0 Å². The van der Waals surface area contributed by atoms with Crippen LogP contribution in [-0.4, -0.2) is 11.1 Å². The van der Waals surface area contributed by atoms with Crippen LogP contribution in [0.4, 0.5) is 4.39 Å². The van der Waals surface area contributed by atoms with E-state index >= 15 is 0 Å². The maximum absolute atomic E-state index is 13.1. The molecule has 0 radical (unpaired) electrons. The molecule has 1 aromatic carbocycles. The van der Waals surface area contributed by atoms with Gasteiger partial charge in [-0.15, -0.1) is 0 Å². The van der Waals surface area contributed by atoms with Crippen molar-refractivity contribution in [2.24, 2.45) is 5.92 Å². The quantitative estimate of drug-likeness (QED) is 0.784. The van der Waals surface area contributed by atoms with E-state index in [-0.39, 0.29) is 17.7 Å². The molecule has 2 nitrogen and oxygen atoms in total. The first-order valence-corrected chi connectivity index (χ1v) is 4.59. The van der Waals surface area contributed by atoms with Gasteiger partial charge in [0.05, 0.1) is 5.92 Å². The number of carboxylic acids is 1. The predicted molar refractivity (Wildman–Crippen MR) is 49.6 cm³/mol. The zero-order chi connectivity index (χ0) is 10.3. The molecule has 74 valence electrons. The van der Waals surface area contributed by atoms with E-state index in [0.717, 1.165) is 5.56 Å². The molecule has 0 aromatic heterocycles. The maximum atomic E-state index is 13.1. The van der Waals surface area contributed by atoms with Crippen molar-refractivity contribution in [2.45, 2.75) is 19.3 Å². The van der Waals surface area contributed by atoms with Crippen LogP contribution in [0.3, 0.4) is 0 Å². The zero-order valence-electron chi connectivity index (χ0n) is 7.83. The molecule has 1 saturated carbocycles. The van der Waals surface area contributed by atoms with Gasteiger partial charge in [0, 0.05) is 0 Å². The first-order valence-electron chi connectivity index (χ1n) is 4.59. The van der Waals surface area contributed by atoms with E-state index in [1.54, 1.807) is 13.0 Å². The Bertz CT molecular complexity index is 387. The molecular formula is C11H11FO2. The standard InChI is InChI=1S/C11H11FO2/c1-6-7(3-2-4-10(6)12)8-5-9(8)11(13)14/h2-4,8-9H,5H2,1H3,(H,13,14). The van der Waals surface area contributed by atoms with Gasteiger partial charge in [0.1, 0.15) is 5.82 Å². The highest BCUT2D eigenvalue weighted by atomic mass is 19.1. The molecule has 1 N–H and O–H groups in total. The largest absolute Gasteiger partial charge is 0.481 e. The third-order valence-corrected chi connectivity index (χ3v) is 2.82. The second kappa shape index (κ2) is 3.08. The highest BCUT2D eigenvalue weighted by Gasteiger charge is 2.44. The van der Waals surface area contributed by atoms with E-state index in [1.165, 1.54) is 6.07 Å². The van der Waals surface area contributed by atoms with E-state index in [4.69, 9.17) is 5.11 Å². The van der Waals surface area contributed by atoms with Gasteiger partial charge in [-0.3, -0.25) is 4.79 Å². The molecule has 0 bridgehead atoms. The lowest BCUT2D eigenvalue weighted by Crippen LogP contribution is -2.00. The number of halogens is 1. The van der Waals surface area contributed by atoms with Gasteiger partial charge in [0.15, 0.2) is 0 Å². The molecule has 0 aliphatic heterocycles. The smallest absolute Gasteiger partial charge is 0.307 e. The Hall–Kier alpha value is -1.38. The van der Waals surface area contributed by atoms with Crippen molar-refractivity contribution < 1.29 is 14.3 Å². The van der Waals surface area contributed by atoms with Crippen molar-refractivity contribution in [3.8, 4) is 0 Å². The average Bonchev–Trinajstić information content (AvgIpc) is 2.89. The van der Waals surface area contributed by atoms with Crippen LogP contribution in [0.25, 0.3) is 0 Å². The second-order valence-corrected chi connectivity index (χ2v) is 3.74. The van der Waals surface area contributed by atoms with E-state index in [1.807, 2.05) is 6.07 Å². The topological polar surface area (TPSA) is 37.3 Å². The Kier molecular flexibility index (Phi) is 2.02. The molecule has 2 rings (SSSR count). The molecule has 1 fully saturated rings. The van der Waals surface area contributed by atoms with E-state index in [9.17, 15) is 9.18 Å². The first-order chi connectivity index (χ1) is 6.61. The lowest BCUT2D eigenvalue weighted by molar-refractivity contribution is -0.138. The molecule has 2 atom stereocenters.